The summed E-state index contributed by atoms with van der Waals surface area (Å²) < 4.78 is 0. The van der Waals surface area contributed by atoms with Crippen LogP contribution in [0.1, 0.15) is 23.2 Å². The van der Waals surface area contributed by atoms with E-state index in [-0.39, 0.29) is 5.91 Å². The van der Waals surface area contributed by atoms with Gasteiger partial charge in [0.1, 0.15) is 5.82 Å². The maximum absolute atomic E-state index is 12.5. The molecule has 0 aliphatic carbocycles. The molecule has 0 saturated carbocycles. The van der Waals surface area contributed by atoms with Crippen molar-refractivity contribution < 1.29 is 9.90 Å². The minimum Gasteiger partial charge on any atom is -0.391 e. The fraction of sp³-hybridized carbons (Fsp3) is 0.312. The quantitative estimate of drug-likeness (QED) is 0.903. The number of anilines is 2. The number of β-amino-alcohol motifs (C(OH)–C–C–N with tert-alkyl or cyclic N) is 1. The van der Waals surface area contributed by atoms with Crippen molar-refractivity contribution in [2.45, 2.75) is 18.9 Å². The first kappa shape index (κ1) is 14.5. The Balaban J connectivity index is 1.74. The molecular weight excluding hydrogens is 280 g/mol. The Morgan fingerprint density at radius 1 is 1.36 bits per heavy atom. The van der Waals surface area contributed by atoms with E-state index in [1.165, 1.54) is 0 Å². The number of amides is 1. The van der Waals surface area contributed by atoms with Crippen LogP contribution in [0.25, 0.3) is 0 Å². The number of hydrogen-bond donors (Lipinski definition) is 2. The summed E-state index contributed by atoms with van der Waals surface area (Å²) in [5.41, 5.74) is 1.38. The van der Waals surface area contributed by atoms with E-state index >= 15 is 0 Å². The maximum Gasteiger partial charge on any atom is 0.254 e. The van der Waals surface area contributed by atoms with Gasteiger partial charge in [-0.1, -0.05) is 6.07 Å². The van der Waals surface area contributed by atoms with Crippen LogP contribution in [-0.2, 0) is 0 Å². The monoisotopic (exact) mass is 298 g/mol. The van der Waals surface area contributed by atoms with Gasteiger partial charge >= 0.3 is 0 Å². The standard InChI is InChI=1S/C16H18N4O2/c21-14-5-2-8-20(11-14)16(22)12-3-1-4-13(9-12)19-15-10-17-6-7-18-15/h1,3-4,6-7,9-10,14,21H,2,5,8,11H2,(H,18,19). The van der Waals surface area contributed by atoms with E-state index in [0.717, 1.165) is 18.5 Å². The second kappa shape index (κ2) is 6.53. The Kier molecular flexibility index (Phi) is 4.29. The first-order valence-corrected chi connectivity index (χ1v) is 7.33. The van der Waals surface area contributed by atoms with Crippen LogP contribution in [0.5, 0.6) is 0 Å². The SMILES string of the molecule is O=C(c1cccc(Nc2cnccn2)c1)N1CCCC(O)C1. The summed E-state index contributed by atoms with van der Waals surface area (Å²) in [4.78, 5) is 22.4. The van der Waals surface area contributed by atoms with Crippen molar-refractivity contribution in [3.8, 4) is 0 Å². The number of aliphatic hydroxyl groups excluding tert-OH is 1. The van der Waals surface area contributed by atoms with Crippen molar-refractivity contribution in [1.29, 1.82) is 0 Å². The molecule has 6 nitrogen and oxygen atoms in total. The summed E-state index contributed by atoms with van der Waals surface area (Å²) in [6.07, 6.45) is 6.01. The molecule has 1 aromatic heterocycles. The molecule has 1 saturated heterocycles. The molecule has 22 heavy (non-hydrogen) atoms. The van der Waals surface area contributed by atoms with Crippen LogP contribution < -0.4 is 5.32 Å². The normalized spacial score (nSPS) is 18.0. The molecule has 0 spiro atoms. The fourth-order valence-electron chi connectivity index (χ4n) is 2.56. The summed E-state index contributed by atoms with van der Waals surface area (Å²) in [6, 6.07) is 7.27. The molecule has 0 radical (unpaired) electrons. The largest absolute Gasteiger partial charge is 0.391 e. The molecule has 2 heterocycles. The van der Waals surface area contributed by atoms with E-state index in [1.807, 2.05) is 12.1 Å². The predicted molar refractivity (Wildman–Crippen MR) is 82.9 cm³/mol. The van der Waals surface area contributed by atoms with Gasteiger partial charge in [0.15, 0.2) is 0 Å². The highest BCUT2D eigenvalue weighted by Gasteiger charge is 2.23. The molecule has 6 heteroatoms. The summed E-state index contributed by atoms with van der Waals surface area (Å²) >= 11 is 0. The number of piperidine rings is 1. The van der Waals surface area contributed by atoms with Gasteiger partial charge in [-0.3, -0.25) is 9.78 Å². The summed E-state index contributed by atoms with van der Waals surface area (Å²) in [6.45, 7) is 1.10. The summed E-state index contributed by atoms with van der Waals surface area (Å²) in [7, 11) is 0. The third-order valence-electron chi connectivity index (χ3n) is 3.63. The van der Waals surface area contributed by atoms with Gasteiger partial charge in [0.05, 0.1) is 12.3 Å². The number of aromatic nitrogens is 2. The number of nitrogens with zero attached hydrogens (tertiary/aromatic N) is 3. The molecule has 3 rings (SSSR count). The van der Waals surface area contributed by atoms with Gasteiger partial charge in [-0.25, -0.2) is 4.98 Å². The number of carbonyl (C=O) groups excluding carboxylic acids is 1. The zero-order valence-corrected chi connectivity index (χ0v) is 12.1. The molecule has 114 valence electrons. The summed E-state index contributed by atoms with van der Waals surface area (Å²) in [5, 5.41) is 12.8. The zero-order chi connectivity index (χ0) is 15.4. The molecule has 0 bridgehead atoms. The van der Waals surface area contributed by atoms with Crippen LogP contribution in [-0.4, -0.2) is 45.1 Å². The topological polar surface area (TPSA) is 78.4 Å². The molecule has 1 aromatic carbocycles. The van der Waals surface area contributed by atoms with Gasteiger partial charge in [-0.05, 0) is 31.0 Å². The van der Waals surface area contributed by atoms with E-state index in [0.29, 0.717) is 24.5 Å². The third-order valence-corrected chi connectivity index (χ3v) is 3.63. The number of likely N-dealkylation sites (tertiary alicyclic amines) is 1. The Morgan fingerprint density at radius 2 is 2.27 bits per heavy atom. The fourth-order valence-corrected chi connectivity index (χ4v) is 2.56. The van der Waals surface area contributed by atoms with Crippen LogP contribution in [0, 0.1) is 0 Å². The van der Waals surface area contributed by atoms with Gasteiger partial charge in [-0.2, -0.15) is 0 Å². The second-order valence-corrected chi connectivity index (χ2v) is 5.34. The van der Waals surface area contributed by atoms with Crippen LogP contribution >= 0.6 is 0 Å². The van der Waals surface area contributed by atoms with Gasteiger partial charge in [0.2, 0.25) is 0 Å². The minimum absolute atomic E-state index is 0.0541. The Hall–Kier alpha value is -2.47. The highest BCUT2D eigenvalue weighted by atomic mass is 16.3. The van der Waals surface area contributed by atoms with Gasteiger partial charge < -0.3 is 15.3 Å². The number of nitrogens with one attached hydrogen (secondary N) is 1. The maximum atomic E-state index is 12.5. The molecule has 1 unspecified atom stereocenters. The van der Waals surface area contributed by atoms with Gasteiger partial charge in [-0.15, -0.1) is 0 Å². The highest BCUT2D eigenvalue weighted by Crippen LogP contribution is 2.18. The van der Waals surface area contributed by atoms with Crippen molar-refractivity contribution in [3.63, 3.8) is 0 Å². The molecule has 1 fully saturated rings. The second-order valence-electron chi connectivity index (χ2n) is 5.34. The van der Waals surface area contributed by atoms with Crippen molar-refractivity contribution in [3.05, 3.63) is 48.4 Å². The minimum atomic E-state index is -0.418. The molecular formula is C16H18N4O2. The Morgan fingerprint density at radius 3 is 3.05 bits per heavy atom. The zero-order valence-electron chi connectivity index (χ0n) is 12.1. The lowest BCUT2D eigenvalue weighted by atomic mass is 10.1. The predicted octanol–water partition coefficient (Wildman–Crippen LogP) is 1.82. The average Bonchev–Trinajstić information content (AvgIpc) is 2.55. The number of benzene rings is 1. The smallest absolute Gasteiger partial charge is 0.254 e. The Labute approximate surface area is 128 Å². The molecule has 1 aliphatic heterocycles. The lowest BCUT2D eigenvalue weighted by Gasteiger charge is -2.30. The number of aliphatic hydroxyl groups is 1. The first-order valence-electron chi connectivity index (χ1n) is 7.33. The number of hydrogen-bond acceptors (Lipinski definition) is 5. The van der Waals surface area contributed by atoms with Crippen LogP contribution in [0.3, 0.4) is 0 Å². The molecule has 1 aliphatic rings. The molecule has 2 aromatic rings. The van der Waals surface area contributed by atoms with E-state index in [1.54, 1.807) is 35.6 Å². The van der Waals surface area contributed by atoms with E-state index in [4.69, 9.17) is 0 Å². The lowest BCUT2D eigenvalue weighted by Crippen LogP contribution is -2.42. The van der Waals surface area contributed by atoms with E-state index < -0.39 is 6.10 Å². The van der Waals surface area contributed by atoms with Gasteiger partial charge in [0.25, 0.3) is 5.91 Å². The highest BCUT2D eigenvalue weighted by molar-refractivity contribution is 5.95. The van der Waals surface area contributed by atoms with Crippen LogP contribution in [0.2, 0.25) is 0 Å². The molecule has 1 atom stereocenters. The molecule has 1 amide bonds. The number of rotatable bonds is 3. The van der Waals surface area contributed by atoms with Crippen LogP contribution in [0.4, 0.5) is 11.5 Å². The Bertz CT molecular complexity index is 648. The first-order chi connectivity index (χ1) is 10.7. The van der Waals surface area contributed by atoms with E-state index in [2.05, 4.69) is 15.3 Å². The van der Waals surface area contributed by atoms with Crippen LogP contribution in [0.15, 0.2) is 42.9 Å². The van der Waals surface area contributed by atoms with Crippen molar-refractivity contribution in [1.82, 2.24) is 14.9 Å². The van der Waals surface area contributed by atoms with Crippen molar-refractivity contribution in [2.75, 3.05) is 18.4 Å². The number of carbonyl (C=O) groups is 1. The average molecular weight is 298 g/mol. The van der Waals surface area contributed by atoms with Crippen molar-refractivity contribution in [2.24, 2.45) is 0 Å². The molecule has 2 N–H and O–H groups in total. The third kappa shape index (κ3) is 3.40. The van der Waals surface area contributed by atoms with Crippen molar-refractivity contribution >= 4 is 17.4 Å². The lowest BCUT2D eigenvalue weighted by molar-refractivity contribution is 0.0474. The summed E-state index contributed by atoms with van der Waals surface area (Å²) in [5.74, 6) is 0.571. The van der Waals surface area contributed by atoms with Gasteiger partial charge in [0, 0.05) is 36.7 Å². The van der Waals surface area contributed by atoms with E-state index in [9.17, 15) is 9.90 Å².